The molecule has 0 saturated heterocycles. The van der Waals surface area contributed by atoms with E-state index in [0.717, 1.165) is 29.7 Å². The number of carbonyl (C=O) groups is 1. The Bertz CT molecular complexity index is 441. The Morgan fingerprint density at radius 2 is 2.22 bits per heavy atom. The summed E-state index contributed by atoms with van der Waals surface area (Å²) < 4.78 is 5.65. The molecular formula is C14H20N2O2. The van der Waals surface area contributed by atoms with Crippen molar-refractivity contribution in [3.63, 3.8) is 0 Å². The number of aryl methyl sites for hydroxylation is 1. The molecule has 1 fully saturated rings. The molecule has 1 aromatic rings. The summed E-state index contributed by atoms with van der Waals surface area (Å²) in [4.78, 5) is 13.7. The zero-order valence-corrected chi connectivity index (χ0v) is 11.0. The monoisotopic (exact) mass is 248 g/mol. The summed E-state index contributed by atoms with van der Waals surface area (Å²) in [6.45, 7) is 2.47. The molecule has 0 aliphatic heterocycles. The summed E-state index contributed by atoms with van der Waals surface area (Å²) in [5, 5.41) is 0. The zero-order valence-electron chi connectivity index (χ0n) is 11.0. The number of carbonyl (C=O) groups excluding carboxylic acids is 1. The molecule has 1 aliphatic carbocycles. The quantitative estimate of drug-likeness (QED) is 0.858. The number of amides is 1. The van der Waals surface area contributed by atoms with E-state index >= 15 is 0 Å². The highest BCUT2D eigenvalue weighted by atomic mass is 16.5. The van der Waals surface area contributed by atoms with Gasteiger partial charge < -0.3 is 15.4 Å². The van der Waals surface area contributed by atoms with Crippen molar-refractivity contribution in [1.29, 1.82) is 0 Å². The Kier molecular flexibility index (Phi) is 3.87. The molecule has 2 N–H and O–H groups in total. The summed E-state index contributed by atoms with van der Waals surface area (Å²) in [5.41, 5.74) is 7.62. The van der Waals surface area contributed by atoms with Gasteiger partial charge in [-0.2, -0.15) is 0 Å². The fraction of sp³-hybridized carbons (Fsp3) is 0.500. The highest BCUT2D eigenvalue weighted by Crippen LogP contribution is 2.26. The molecule has 4 nitrogen and oxygen atoms in total. The van der Waals surface area contributed by atoms with Gasteiger partial charge in [0.05, 0.1) is 0 Å². The predicted molar refractivity (Wildman–Crippen MR) is 70.4 cm³/mol. The van der Waals surface area contributed by atoms with Crippen LogP contribution in [-0.2, 0) is 11.3 Å². The van der Waals surface area contributed by atoms with Crippen molar-refractivity contribution in [3.05, 3.63) is 29.3 Å². The van der Waals surface area contributed by atoms with Crippen molar-refractivity contribution in [2.75, 3.05) is 13.7 Å². The fourth-order valence-corrected chi connectivity index (χ4v) is 1.98. The maximum atomic E-state index is 11.9. The van der Waals surface area contributed by atoms with Crippen LogP contribution in [0, 0.1) is 6.92 Å². The minimum absolute atomic E-state index is 0.0312. The van der Waals surface area contributed by atoms with Gasteiger partial charge in [-0.25, -0.2) is 0 Å². The average molecular weight is 248 g/mol. The van der Waals surface area contributed by atoms with Crippen LogP contribution in [0.2, 0.25) is 0 Å². The van der Waals surface area contributed by atoms with Crippen molar-refractivity contribution in [1.82, 2.24) is 4.90 Å². The largest absolute Gasteiger partial charge is 0.483 e. The lowest BCUT2D eigenvalue weighted by Gasteiger charge is -2.18. The molecule has 0 spiro atoms. The van der Waals surface area contributed by atoms with Crippen LogP contribution in [0.3, 0.4) is 0 Å². The molecule has 0 radical (unpaired) electrons. The number of benzene rings is 1. The van der Waals surface area contributed by atoms with Gasteiger partial charge in [0.1, 0.15) is 5.75 Å². The molecule has 0 atom stereocenters. The first kappa shape index (κ1) is 12.9. The van der Waals surface area contributed by atoms with Crippen LogP contribution in [-0.4, -0.2) is 30.5 Å². The summed E-state index contributed by atoms with van der Waals surface area (Å²) in [7, 11) is 1.84. The Morgan fingerprint density at radius 3 is 2.83 bits per heavy atom. The van der Waals surface area contributed by atoms with Crippen molar-refractivity contribution >= 4 is 5.91 Å². The SMILES string of the molecule is Cc1cccc(CN)c1OCC(=O)N(C)C1CC1. The second-order valence-corrected chi connectivity index (χ2v) is 4.79. The van der Waals surface area contributed by atoms with E-state index in [1.165, 1.54) is 0 Å². The van der Waals surface area contributed by atoms with E-state index in [0.29, 0.717) is 12.6 Å². The number of para-hydroxylation sites is 1. The van der Waals surface area contributed by atoms with Crippen LogP contribution in [0.5, 0.6) is 5.75 Å². The van der Waals surface area contributed by atoms with Gasteiger partial charge in [-0.15, -0.1) is 0 Å². The molecule has 1 saturated carbocycles. The van der Waals surface area contributed by atoms with Gasteiger partial charge in [-0.1, -0.05) is 18.2 Å². The van der Waals surface area contributed by atoms with E-state index < -0.39 is 0 Å². The normalized spacial score (nSPS) is 14.4. The number of nitrogens with zero attached hydrogens (tertiary/aromatic N) is 1. The first-order chi connectivity index (χ1) is 8.63. The number of likely N-dealkylation sites (N-methyl/N-ethyl adjacent to an activating group) is 1. The van der Waals surface area contributed by atoms with E-state index in [9.17, 15) is 4.79 Å². The Labute approximate surface area is 108 Å². The van der Waals surface area contributed by atoms with Crippen LogP contribution in [0.1, 0.15) is 24.0 Å². The van der Waals surface area contributed by atoms with Crippen molar-refractivity contribution in [3.8, 4) is 5.75 Å². The summed E-state index contributed by atoms with van der Waals surface area (Å²) in [6.07, 6.45) is 2.22. The van der Waals surface area contributed by atoms with Crippen molar-refractivity contribution in [2.24, 2.45) is 5.73 Å². The lowest BCUT2D eigenvalue weighted by molar-refractivity contribution is -0.132. The Morgan fingerprint density at radius 1 is 1.50 bits per heavy atom. The molecule has 98 valence electrons. The van der Waals surface area contributed by atoms with Gasteiger partial charge in [0, 0.05) is 25.2 Å². The average Bonchev–Trinajstić information content (AvgIpc) is 3.20. The van der Waals surface area contributed by atoms with E-state index in [1.807, 2.05) is 32.2 Å². The number of nitrogens with two attached hydrogens (primary N) is 1. The van der Waals surface area contributed by atoms with E-state index in [4.69, 9.17) is 10.5 Å². The minimum atomic E-state index is 0.0312. The lowest BCUT2D eigenvalue weighted by Crippen LogP contribution is -2.33. The Balaban J connectivity index is 1.99. The molecule has 1 aromatic carbocycles. The van der Waals surface area contributed by atoms with Gasteiger partial charge in [-0.3, -0.25) is 4.79 Å². The molecule has 1 aliphatic rings. The van der Waals surface area contributed by atoms with E-state index in [2.05, 4.69) is 0 Å². The molecule has 0 bridgehead atoms. The minimum Gasteiger partial charge on any atom is -0.483 e. The molecule has 18 heavy (non-hydrogen) atoms. The van der Waals surface area contributed by atoms with Gasteiger partial charge in [0.15, 0.2) is 6.61 Å². The Hall–Kier alpha value is -1.55. The third kappa shape index (κ3) is 2.82. The molecule has 0 aromatic heterocycles. The standard InChI is InChI=1S/C14H20N2O2/c1-10-4-3-5-11(8-15)14(10)18-9-13(17)16(2)12-6-7-12/h3-5,12H,6-9,15H2,1-2H3. The number of hydrogen-bond donors (Lipinski definition) is 1. The lowest BCUT2D eigenvalue weighted by atomic mass is 10.1. The topological polar surface area (TPSA) is 55.6 Å². The summed E-state index contributed by atoms with van der Waals surface area (Å²) in [5.74, 6) is 0.779. The van der Waals surface area contributed by atoms with Crippen LogP contribution >= 0.6 is 0 Å². The van der Waals surface area contributed by atoms with Gasteiger partial charge >= 0.3 is 0 Å². The fourth-order valence-electron chi connectivity index (χ4n) is 1.98. The van der Waals surface area contributed by atoms with Crippen LogP contribution in [0.15, 0.2) is 18.2 Å². The van der Waals surface area contributed by atoms with Crippen LogP contribution in [0.25, 0.3) is 0 Å². The maximum absolute atomic E-state index is 11.9. The van der Waals surface area contributed by atoms with Crippen LogP contribution < -0.4 is 10.5 Å². The molecule has 2 rings (SSSR count). The van der Waals surface area contributed by atoms with Crippen LogP contribution in [0.4, 0.5) is 0 Å². The third-order valence-electron chi connectivity index (χ3n) is 3.34. The van der Waals surface area contributed by atoms with Crippen molar-refractivity contribution < 1.29 is 9.53 Å². The summed E-state index contributed by atoms with van der Waals surface area (Å²) >= 11 is 0. The number of rotatable bonds is 5. The first-order valence-corrected chi connectivity index (χ1v) is 6.30. The van der Waals surface area contributed by atoms with Gasteiger partial charge in [0.2, 0.25) is 0 Å². The molecule has 0 unspecified atom stereocenters. The molecular weight excluding hydrogens is 228 g/mol. The summed E-state index contributed by atoms with van der Waals surface area (Å²) in [6, 6.07) is 6.26. The predicted octanol–water partition coefficient (Wildman–Crippen LogP) is 1.45. The second-order valence-electron chi connectivity index (χ2n) is 4.79. The maximum Gasteiger partial charge on any atom is 0.260 e. The van der Waals surface area contributed by atoms with E-state index in [-0.39, 0.29) is 12.5 Å². The van der Waals surface area contributed by atoms with Gasteiger partial charge in [-0.05, 0) is 25.3 Å². The van der Waals surface area contributed by atoms with E-state index in [1.54, 1.807) is 4.90 Å². The molecule has 0 heterocycles. The van der Waals surface area contributed by atoms with Gasteiger partial charge in [0.25, 0.3) is 5.91 Å². The first-order valence-electron chi connectivity index (χ1n) is 6.30. The molecule has 4 heteroatoms. The zero-order chi connectivity index (χ0) is 13.1. The highest BCUT2D eigenvalue weighted by molar-refractivity contribution is 5.78. The number of hydrogen-bond acceptors (Lipinski definition) is 3. The number of ether oxygens (including phenoxy) is 1. The van der Waals surface area contributed by atoms with Crippen molar-refractivity contribution in [2.45, 2.75) is 32.4 Å². The third-order valence-corrected chi connectivity index (χ3v) is 3.34. The second kappa shape index (κ2) is 5.40. The molecule has 1 amide bonds. The smallest absolute Gasteiger partial charge is 0.260 e. The highest BCUT2D eigenvalue weighted by Gasteiger charge is 2.29.